The van der Waals surface area contributed by atoms with Gasteiger partial charge in [0.05, 0.1) is 17.5 Å². The number of rotatable bonds is 3. The minimum Gasteiger partial charge on any atom is -0.322 e. The normalized spacial score (nSPS) is 28.0. The van der Waals surface area contributed by atoms with E-state index >= 15 is 0 Å². The summed E-state index contributed by atoms with van der Waals surface area (Å²) in [6.07, 6.45) is 3.15. The van der Waals surface area contributed by atoms with Crippen LogP contribution < -0.4 is 10.2 Å². The van der Waals surface area contributed by atoms with E-state index in [1.165, 1.54) is 4.90 Å². The lowest BCUT2D eigenvalue weighted by atomic mass is 9.81. The lowest BCUT2D eigenvalue weighted by molar-refractivity contribution is -0.123. The summed E-state index contributed by atoms with van der Waals surface area (Å²) < 4.78 is 0.938. The van der Waals surface area contributed by atoms with Crippen molar-refractivity contribution >= 4 is 45.0 Å². The fraction of sp³-hybridized carbons (Fsp3) is 0.318. The zero-order chi connectivity index (χ0) is 19.4. The van der Waals surface area contributed by atoms with E-state index in [4.69, 9.17) is 0 Å². The van der Waals surface area contributed by atoms with Crippen molar-refractivity contribution in [3.63, 3.8) is 0 Å². The van der Waals surface area contributed by atoms with Gasteiger partial charge < -0.3 is 5.32 Å². The number of fused-ring (bicyclic) bond motifs is 5. The molecular formula is C22H19BrN2O3. The minimum absolute atomic E-state index is 0.0609. The third-order valence-corrected chi connectivity index (χ3v) is 6.95. The molecule has 142 valence electrons. The maximum atomic E-state index is 12.9. The van der Waals surface area contributed by atoms with Crippen LogP contribution >= 0.6 is 15.9 Å². The fourth-order valence-corrected chi connectivity index (χ4v) is 5.43. The van der Waals surface area contributed by atoms with E-state index in [2.05, 4.69) is 21.2 Å². The molecule has 2 aromatic carbocycles. The number of amides is 3. The van der Waals surface area contributed by atoms with Crippen LogP contribution in [0.5, 0.6) is 0 Å². The summed E-state index contributed by atoms with van der Waals surface area (Å²) in [6, 6.07) is 14.0. The molecule has 3 aliphatic rings. The van der Waals surface area contributed by atoms with Gasteiger partial charge in [0.1, 0.15) is 0 Å². The summed E-state index contributed by atoms with van der Waals surface area (Å²) in [5, 5.41) is 2.84. The molecule has 1 heterocycles. The molecule has 5 nitrogen and oxygen atoms in total. The maximum Gasteiger partial charge on any atom is 0.255 e. The summed E-state index contributed by atoms with van der Waals surface area (Å²) >= 11 is 3.36. The van der Waals surface area contributed by atoms with Crippen LogP contribution in [0.3, 0.4) is 0 Å². The second kappa shape index (κ2) is 6.55. The first-order chi connectivity index (χ1) is 13.5. The molecule has 0 radical (unpaired) electrons. The van der Waals surface area contributed by atoms with Gasteiger partial charge in [0.15, 0.2) is 0 Å². The predicted octanol–water partition coefficient (Wildman–Crippen LogP) is 4.24. The number of halogens is 1. The predicted molar refractivity (Wildman–Crippen MR) is 109 cm³/mol. The zero-order valence-electron chi connectivity index (χ0n) is 15.1. The van der Waals surface area contributed by atoms with Crippen LogP contribution in [0.2, 0.25) is 0 Å². The zero-order valence-corrected chi connectivity index (χ0v) is 16.7. The third kappa shape index (κ3) is 2.70. The van der Waals surface area contributed by atoms with Crippen LogP contribution in [-0.4, -0.2) is 17.7 Å². The van der Waals surface area contributed by atoms with Gasteiger partial charge in [-0.05, 0) is 79.6 Å². The molecule has 6 heteroatoms. The van der Waals surface area contributed by atoms with Crippen LogP contribution in [0.1, 0.15) is 29.6 Å². The summed E-state index contributed by atoms with van der Waals surface area (Å²) in [7, 11) is 0. The van der Waals surface area contributed by atoms with E-state index in [1.807, 2.05) is 24.3 Å². The summed E-state index contributed by atoms with van der Waals surface area (Å²) in [5.41, 5.74) is 1.74. The average molecular weight is 439 g/mol. The fourth-order valence-electron chi connectivity index (χ4n) is 5.16. The molecule has 0 unspecified atom stereocenters. The van der Waals surface area contributed by atoms with Crippen molar-refractivity contribution in [2.45, 2.75) is 19.3 Å². The van der Waals surface area contributed by atoms with Crippen LogP contribution in [0, 0.1) is 23.7 Å². The van der Waals surface area contributed by atoms with Crippen molar-refractivity contribution in [1.29, 1.82) is 0 Å². The van der Waals surface area contributed by atoms with Crippen molar-refractivity contribution in [1.82, 2.24) is 0 Å². The van der Waals surface area contributed by atoms with Gasteiger partial charge in [-0.3, -0.25) is 19.3 Å². The Morgan fingerprint density at radius 3 is 2.04 bits per heavy atom. The molecule has 3 amide bonds. The largest absolute Gasteiger partial charge is 0.322 e. The Balaban J connectivity index is 1.34. The maximum absolute atomic E-state index is 12.9. The Bertz CT molecular complexity index is 942. The number of nitrogens with zero attached hydrogens (tertiary/aromatic N) is 1. The average Bonchev–Trinajstić information content (AvgIpc) is 3.38. The molecule has 2 aromatic rings. The molecule has 4 atom stereocenters. The smallest absolute Gasteiger partial charge is 0.255 e. The Morgan fingerprint density at radius 2 is 1.46 bits per heavy atom. The number of imide groups is 1. The Kier molecular flexibility index (Phi) is 4.12. The van der Waals surface area contributed by atoms with E-state index in [1.54, 1.807) is 24.3 Å². The van der Waals surface area contributed by atoms with Gasteiger partial charge in [-0.15, -0.1) is 0 Å². The molecule has 2 aliphatic carbocycles. The first-order valence-corrected chi connectivity index (χ1v) is 10.4. The van der Waals surface area contributed by atoms with Gasteiger partial charge in [-0.1, -0.05) is 15.9 Å². The molecule has 1 saturated heterocycles. The molecule has 0 aromatic heterocycles. The van der Waals surface area contributed by atoms with E-state index in [-0.39, 0.29) is 29.6 Å². The van der Waals surface area contributed by atoms with Gasteiger partial charge in [-0.25, -0.2) is 0 Å². The highest BCUT2D eigenvalue weighted by Gasteiger charge is 2.61. The number of hydrogen-bond donors (Lipinski definition) is 1. The van der Waals surface area contributed by atoms with E-state index in [0.717, 1.165) is 23.7 Å². The standard InChI is InChI=1S/C22H19BrN2O3/c23-15-5-7-16(8-6-15)24-20(26)12-3-9-17(10-4-12)25-21(27)18-13-1-2-14(11-13)19(18)22(25)28/h3-10,13-14,18-19H,1-2,11H2,(H,24,26)/t13-,14-,18-,19+/m0/s1. The monoisotopic (exact) mass is 438 g/mol. The number of benzene rings is 2. The molecule has 1 N–H and O–H groups in total. The highest BCUT2D eigenvalue weighted by molar-refractivity contribution is 9.10. The van der Waals surface area contributed by atoms with Gasteiger partial charge in [0.25, 0.3) is 5.91 Å². The summed E-state index contributed by atoms with van der Waals surface area (Å²) in [4.78, 5) is 39.6. The van der Waals surface area contributed by atoms with Gasteiger partial charge >= 0.3 is 0 Å². The highest BCUT2D eigenvalue weighted by atomic mass is 79.9. The second-order valence-electron chi connectivity index (χ2n) is 7.90. The molecule has 28 heavy (non-hydrogen) atoms. The van der Waals surface area contributed by atoms with Crippen LogP contribution in [0.25, 0.3) is 0 Å². The first-order valence-electron chi connectivity index (χ1n) is 9.58. The van der Waals surface area contributed by atoms with Crippen molar-refractivity contribution in [2.24, 2.45) is 23.7 Å². The first kappa shape index (κ1) is 17.6. The SMILES string of the molecule is O=C(Nc1ccc(Br)cc1)c1ccc(N2C(=O)[C@@H]3[C@H]4CC[C@@H](C4)[C@@H]3C2=O)cc1. The molecule has 2 saturated carbocycles. The molecule has 2 bridgehead atoms. The number of carbonyl (C=O) groups is 3. The van der Waals surface area contributed by atoms with Crippen LogP contribution in [0.15, 0.2) is 53.0 Å². The Hall–Kier alpha value is -2.47. The highest BCUT2D eigenvalue weighted by Crippen LogP contribution is 2.56. The number of hydrogen-bond acceptors (Lipinski definition) is 3. The molecule has 1 aliphatic heterocycles. The Labute approximate surface area is 171 Å². The van der Waals surface area contributed by atoms with Crippen molar-refractivity contribution in [3.05, 3.63) is 58.6 Å². The van der Waals surface area contributed by atoms with E-state index < -0.39 is 0 Å². The summed E-state index contributed by atoms with van der Waals surface area (Å²) in [6.45, 7) is 0. The number of carbonyl (C=O) groups excluding carboxylic acids is 3. The summed E-state index contributed by atoms with van der Waals surface area (Å²) in [5.74, 6) is 0.115. The second-order valence-corrected chi connectivity index (χ2v) is 8.82. The molecule has 0 spiro atoms. The van der Waals surface area contributed by atoms with Crippen molar-refractivity contribution in [2.75, 3.05) is 10.2 Å². The van der Waals surface area contributed by atoms with E-state index in [9.17, 15) is 14.4 Å². The lowest BCUT2D eigenvalue weighted by Gasteiger charge is -2.19. The van der Waals surface area contributed by atoms with Gasteiger partial charge in [-0.2, -0.15) is 0 Å². The molecule has 3 fully saturated rings. The lowest BCUT2D eigenvalue weighted by Crippen LogP contribution is -2.32. The quantitative estimate of drug-likeness (QED) is 0.728. The number of anilines is 2. The van der Waals surface area contributed by atoms with Gasteiger partial charge in [0.2, 0.25) is 11.8 Å². The van der Waals surface area contributed by atoms with Crippen LogP contribution in [-0.2, 0) is 9.59 Å². The van der Waals surface area contributed by atoms with Gasteiger partial charge in [0, 0.05) is 15.7 Å². The van der Waals surface area contributed by atoms with E-state index in [0.29, 0.717) is 28.8 Å². The van der Waals surface area contributed by atoms with Crippen molar-refractivity contribution in [3.8, 4) is 0 Å². The Morgan fingerprint density at radius 1 is 0.893 bits per heavy atom. The van der Waals surface area contributed by atoms with Crippen LogP contribution in [0.4, 0.5) is 11.4 Å². The topological polar surface area (TPSA) is 66.5 Å². The molecule has 5 rings (SSSR count). The third-order valence-electron chi connectivity index (χ3n) is 6.42. The molecular weight excluding hydrogens is 420 g/mol. The number of nitrogens with one attached hydrogen (secondary N) is 1. The minimum atomic E-state index is -0.233. The van der Waals surface area contributed by atoms with Crippen molar-refractivity contribution < 1.29 is 14.4 Å².